The molecule has 0 fully saturated rings. The quantitative estimate of drug-likeness (QED) is 0.0584. The number of hydrogen-bond donors (Lipinski definition) is 1. The van der Waals surface area contributed by atoms with Crippen LogP contribution in [0.4, 0.5) is 9.59 Å². The van der Waals surface area contributed by atoms with Gasteiger partial charge >= 0.3 is 75.5 Å². The number of halogens is 1. The van der Waals surface area contributed by atoms with Crippen LogP contribution in [0.3, 0.4) is 0 Å². The molecule has 0 saturated carbocycles. The van der Waals surface area contributed by atoms with Gasteiger partial charge in [-0.15, -0.1) is 0 Å². The number of ether oxygens (including phenoxy) is 4. The predicted octanol–water partition coefficient (Wildman–Crippen LogP) is 6.51. The molecule has 13 heteroatoms. The molecule has 0 aliphatic carbocycles. The molecule has 2 heterocycles. The second-order valence-corrected chi connectivity index (χ2v) is 13.2. The van der Waals surface area contributed by atoms with E-state index in [4.69, 9.17) is 20.3 Å². The summed E-state index contributed by atoms with van der Waals surface area (Å²) in [6.07, 6.45) is -0.772. The van der Waals surface area contributed by atoms with E-state index >= 15 is 0 Å². The van der Waals surface area contributed by atoms with Crippen LogP contribution in [0.25, 0.3) is 21.8 Å². The Hall–Kier alpha value is -1.88. The fraction of sp³-hybridized carbons (Fsp3) is 0.474. The van der Waals surface area contributed by atoms with Gasteiger partial charge in [-0.3, -0.25) is 9.59 Å². The summed E-state index contributed by atoms with van der Waals surface area (Å²) in [7, 11) is 0. The number of aromatic nitrogens is 2. The molecule has 10 nitrogen and oxygen atoms in total. The molecule has 278 valence electrons. The van der Waals surface area contributed by atoms with Crippen molar-refractivity contribution in [1.29, 1.82) is 0 Å². The smallest absolute Gasteiger partial charge is 1.00 e. The SMILES string of the molecule is CCOC(=O)C(C)(C)c1cc2ccccc2n1C(=O)OC(C)(C)C.CCOC(=O)Cc1cc2ccccc2n1C(=O)OC(C)(C)C.CI.[2H]CS.[H-].[K+]. The maximum atomic E-state index is 12.8. The summed E-state index contributed by atoms with van der Waals surface area (Å²) < 4.78 is 30.1. The molecule has 4 aromatic rings. The van der Waals surface area contributed by atoms with Crippen LogP contribution in [0.1, 0.15) is 83.4 Å². The number of nitrogens with zero attached hydrogens (tertiary/aromatic N) is 2. The number of alkyl halides is 1. The van der Waals surface area contributed by atoms with E-state index in [0.717, 1.165) is 16.3 Å². The summed E-state index contributed by atoms with van der Waals surface area (Å²) >= 11 is 5.61. The summed E-state index contributed by atoms with van der Waals surface area (Å²) in [6.45, 7) is 18.5. The fourth-order valence-electron chi connectivity index (χ4n) is 4.76. The van der Waals surface area contributed by atoms with Gasteiger partial charge in [-0.25, -0.2) is 18.7 Å². The number of thiol groups is 1. The molecule has 0 saturated heterocycles. The van der Waals surface area contributed by atoms with Gasteiger partial charge < -0.3 is 20.4 Å². The van der Waals surface area contributed by atoms with Crippen molar-refractivity contribution in [3.05, 3.63) is 72.1 Å². The van der Waals surface area contributed by atoms with Gasteiger partial charge in [0.1, 0.15) is 16.6 Å². The van der Waals surface area contributed by atoms with Crippen LogP contribution in [-0.2, 0) is 40.4 Å². The van der Waals surface area contributed by atoms with Crippen LogP contribution >= 0.6 is 35.2 Å². The first-order chi connectivity index (χ1) is 23.8. The van der Waals surface area contributed by atoms with E-state index in [-0.39, 0.29) is 84.0 Å². The first-order valence-electron chi connectivity index (χ1n) is 16.8. The second-order valence-electron chi connectivity index (χ2n) is 13.2. The standard InChI is InChI=1S/C19H25NO4.C17H21NO4.CH3I.CH4S.K.H/c1-7-23-16(21)19(5,6)15-12-13-10-8-9-11-14(13)20(15)17(22)24-18(2,3)4;1-5-21-15(19)11-13-10-12-8-6-7-9-14(12)18(13)16(20)22-17(2,3)4;2*1-2;;/h8-12H,7H2,1-6H3;6-10H,5,11H2,1-4H3;1H3;2H,1H3;;/q;;;;+1;-1/i;;;1D;;. The number of carbonyl (C=O) groups excluding carboxylic acids is 4. The van der Waals surface area contributed by atoms with Crippen molar-refractivity contribution in [3.8, 4) is 0 Å². The first kappa shape index (κ1) is 47.1. The Labute approximate surface area is 367 Å². The molecule has 0 unspecified atom stereocenters. The van der Waals surface area contributed by atoms with Crippen LogP contribution < -0.4 is 51.4 Å². The van der Waals surface area contributed by atoms with E-state index in [1.165, 1.54) is 9.13 Å². The van der Waals surface area contributed by atoms with Crippen molar-refractivity contribution >= 4 is 81.2 Å². The number of rotatable bonds is 6. The Balaban J connectivity index is 0. The van der Waals surface area contributed by atoms with Gasteiger partial charge in [0, 0.05) is 23.5 Å². The van der Waals surface area contributed by atoms with E-state index in [9.17, 15) is 19.2 Å². The summed E-state index contributed by atoms with van der Waals surface area (Å²) in [5.74, 6) is -0.743. The van der Waals surface area contributed by atoms with E-state index in [2.05, 4.69) is 35.2 Å². The largest absolute Gasteiger partial charge is 1.00 e. The summed E-state index contributed by atoms with van der Waals surface area (Å²) in [4.78, 5) is 51.4. The Morgan fingerprint density at radius 3 is 1.61 bits per heavy atom. The average Bonchev–Trinajstić information content (AvgIpc) is 3.60. The Morgan fingerprint density at radius 2 is 1.16 bits per heavy atom. The van der Waals surface area contributed by atoms with Crippen molar-refractivity contribution in [2.75, 3.05) is 24.4 Å². The van der Waals surface area contributed by atoms with Gasteiger partial charge in [0.25, 0.3) is 0 Å². The molecule has 0 aliphatic heterocycles. The van der Waals surface area contributed by atoms with Crippen molar-refractivity contribution in [2.24, 2.45) is 0 Å². The molecule has 0 bridgehead atoms. The van der Waals surface area contributed by atoms with E-state index in [1.54, 1.807) is 27.7 Å². The summed E-state index contributed by atoms with van der Waals surface area (Å²) in [5, 5.41) is 1.75. The van der Waals surface area contributed by atoms with Crippen molar-refractivity contribution < 1.29 is 92.3 Å². The normalized spacial score (nSPS) is 11.2. The fourth-order valence-corrected chi connectivity index (χ4v) is 4.76. The number of esters is 2. The minimum Gasteiger partial charge on any atom is -1.00 e. The number of fused-ring (bicyclic) bond motifs is 2. The second kappa shape index (κ2) is 22.4. The maximum absolute atomic E-state index is 12.8. The predicted molar refractivity (Wildman–Crippen MR) is 213 cm³/mol. The van der Waals surface area contributed by atoms with Crippen LogP contribution in [0.5, 0.6) is 0 Å². The van der Waals surface area contributed by atoms with E-state index < -0.39 is 28.8 Å². The Kier molecular flexibility index (Phi) is 20.7. The molecule has 2 aromatic heterocycles. The maximum Gasteiger partial charge on any atom is 1.00 e. The third-order valence-electron chi connectivity index (χ3n) is 6.71. The first-order valence-corrected chi connectivity index (χ1v) is 18.9. The van der Waals surface area contributed by atoms with Crippen LogP contribution in [0, 0.1) is 0 Å². The molecule has 4 rings (SSSR count). The minimum atomic E-state index is -0.980. The van der Waals surface area contributed by atoms with Crippen molar-refractivity contribution in [3.63, 3.8) is 0 Å². The molecular weight excluding hydrogens is 810 g/mol. The number of para-hydroxylation sites is 2. The average molecular weight is 866 g/mol. The minimum absolute atomic E-state index is 0. The summed E-state index contributed by atoms with van der Waals surface area (Å²) in [6, 6.07) is 18.6. The number of hydrogen-bond acceptors (Lipinski definition) is 9. The molecule has 0 atom stereocenters. The molecule has 0 radical (unpaired) electrons. The zero-order chi connectivity index (χ0) is 39.2. The third kappa shape index (κ3) is 14.5. The van der Waals surface area contributed by atoms with Gasteiger partial charge in [-0.2, -0.15) is 12.6 Å². The monoisotopic (exact) mass is 865 g/mol. The summed E-state index contributed by atoms with van der Waals surface area (Å²) in [5.41, 5.74) is 0.323. The van der Waals surface area contributed by atoms with E-state index in [1.807, 2.05) is 107 Å². The third-order valence-corrected chi connectivity index (χ3v) is 6.71. The molecular formula is C38H54IKN2O8S. The number of benzene rings is 2. The Bertz CT molecular complexity index is 1760. The molecule has 2 aromatic carbocycles. The zero-order valence-electron chi connectivity index (χ0n) is 34.1. The zero-order valence-corrected chi connectivity index (χ0v) is 38.3. The Morgan fingerprint density at radius 1 is 0.745 bits per heavy atom. The molecule has 51 heavy (non-hydrogen) atoms. The van der Waals surface area contributed by atoms with Crippen LogP contribution in [0.2, 0.25) is 0 Å². The van der Waals surface area contributed by atoms with Gasteiger partial charge in [0.2, 0.25) is 0 Å². The van der Waals surface area contributed by atoms with Crippen LogP contribution in [0.15, 0.2) is 60.7 Å². The van der Waals surface area contributed by atoms with Crippen molar-refractivity contribution in [1.82, 2.24) is 9.13 Å². The van der Waals surface area contributed by atoms with Crippen molar-refractivity contribution in [2.45, 2.75) is 92.3 Å². The number of carbonyl (C=O) groups is 4. The van der Waals surface area contributed by atoms with Gasteiger partial charge in [-0.05, 0) is 105 Å². The van der Waals surface area contributed by atoms with Gasteiger partial charge in [0.05, 0.1) is 30.7 Å². The van der Waals surface area contributed by atoms with Crippen LogP contribution in [-0.4, -0.2) is 68.8 Å². The van der Waals surface area contributed by atoms with Gasteiger partial charge in [-0.1, -0.05) is 59.0 Å². The molecule has 0 aliphatic rings. The molecule has 0 spiro atoms. The molecule has 0 amide bonds. The van der Waals surface area contributed by atoms with Gasteiger partial charge in [0.15, 0.2) is 0 Å². The molecule has 0 N–H and O–H groups in total. The van der Waals surface area contributed by atoms with E-state index in [0.29, 0.717) is 23.5 Å². The topological polar surface area (TPSA) is 115 Å².